The maximum atomic E-state index is 12.3. The first-order chi connectivity index (χ1) is 8.24. The Hall–Kier alpha value is -0.820. The van der Waals surface area contributed by atoms with Crippen LogP contribution in [0.4, 0.5) is 18.3 Å². The van der Waals surface area contributed by atoms with Gasteiger partial charge < -0.3 is 10.2 Å². The summed E-state index contributed by atoms with van der Waals surface area (Å²) in [6, 6.07) is 0. The standard InChI is InChI=1S/C11H18F3N3S/c1-7(2)9-8(5-15-3)18-10(16-9)17(4)6-11(12,13)14/h7,15H,5-6H2,1-4H3. The van der Waals surface area contributed by atoms with Gasteiger partial charge in [-0.2, -0.15) is 13.2 Å². The summed E-state index contributed by atoms with van der Waals surface area (Å²) in [6.07, 6.45) is -4.21. The highest BCUT2D eigenvalue weighted by Crippen LogP contribution is 2.31. The Kier molecular flexibility index (Phi) is 4.98. The monoisotopic (exact) mass is 281 g/mol. The highest BCUT2D eigenvalue weighted by Gasteiger charge is 2.30. The van der Waals surface area contributed by atoms with Crippen LogP contribution in [0.15, 0.2) is 0 Å². The van der Waals surface area contributed by atoms with Gasteiger partial charge in [0.05, 0.1) is 5.69 Å². The van der Waals surface area contributed by atoms with E-state index in [-0.39, 0.29) is 5.92 Å². The normalized spacial score (nSPS) is 12.2. The third-order valence-corrected chi connectivity index (χ3v) is 3.53. The Labute approximate surface area is 109 Å². The van der Waals surface area contributed by atoms with Crippen LogP contribution in [0.1, 0.15) is 30.3 Å². The van der Waals surface area contributed by atoms with Gasteiger partial charge in [0.25, 0.3) is 0 Å². The molecule has 1 aromatic heterocycles. The topological polar surface area (TPSA) is 28.2 Å². The Morgan fingerprint density at radius 3 is 2.44 bits per heavy atom. The zero-order valence-electron chi connectivity index (χ0n) is 10.9. The lowest BCUT2D eigenvalue weighted by molar-refractivity contribution is -0.119. The zero-order valence-corrected chi connectivity index (χ0v) is 11.7. The summed E-state index contributed by atoms with van der Waals surface area (Å²) in [6.45, 7) is 3.63. The van der Waals surface area contributed by atoms with Crippen molar-refractivity contribution in [2.24, 2.45) is 0 Å². The highest BCUT2D eigenvalue weighted by atomic mass is 32.1. The molecule has 0 fully saturated rings. The first-order valence-corrected chi connectivity index (χ1v) is 6.48. The molecule has 104 valence electrons. The molecule has 0 aliphatic carbocycles. The molecule has 0 atom stereocenters. The number of rotatable bonds is 5. The molecule has 3 nitrogen and oxygen atoms in total. The molecule has 0 bridgehead atoms. The summed E-state index contributed by atoms with van der Waals surface area (Å²) < 4.78 is 37.0. The predicted molar refractivity (Wildman–Crippen MR) is 68.3 cm³/mol. The van der Waals surface area contributed by atoms with Gasteiger partial charge in [0.1, 0.15) is 6.54 Å². The number of aromatic nitrogens is 1. The van der Waals surface area contributed by atoms with E-state index in [0.717, 1.165) is 15.5 Å². The van der Waals surface area contributed by atoms with Crippen LogP contribution in [-0.4, -0.2) is 31.8 Å². The maximum absolute atomic E-state index is 12.3. The van der Waals surface area contributed by atoms with E-state index in [0.29, 0.717) is 11.7 Å². The second kappa shape index (κ2) is 5.88. The second-order valence-corrected chi connectivity index (χ2v) is 5.52. The highest BCUT2D eigenvalue weighted by molar-refractivity contribution is 7.15. The van der Waals surface area contributed by atoms with E-state index in [1.54, 1.807) is 0 Å². The molecule has 0 saturated heterocycles. The molecule has 7 heteroatoms. The van der Waals surface area contributed by atoms with E-state index >= 15 is 0 Å². The molecule has 0 aromatic carbocycles. The minimum Gasteiger partial charge on any atom is -0.342 e. The molecule has 0 spiro atoms. The number of halogens is 3. The zero-order chi connectivity index (χ0) is 13.9. The fourth-order valence-corrected chi connectivity index (χ4v) is 2.78. The molecular formula is C11H18F3N3S. The Bertz CT molecular complexity index is 387. The van der Waals surface area contributed by atoms with Gasteiger partial charge in [0.2, 0.25) is 0 Å². The van der Waals surface area contributed by atoms with Gasteiger partial charge in [-0.15, -0.1) is 11.3 Å². The number of hydrogen-bond acceptors (Lipinski definition) is 4. The van der Waals surface area contributed by atoms with Crippen molar-refractivity contribution in [3.8, 4) is 0 Å². The van der Waals surface area contributed by atoms with Crippen LogP contribution in [0.5, 0.6) is 0 Å². The van der Waals surface area contributed by atoms with Crippen LogP contribution in [0.3, 0.4) is 0 Å². The lowest BCUT2D eigenvalue weighted by Gasteiger charge is -2.17. The summed E-state index contributed by atoms with van der Waals surface area (Å²) in [5.41, 5.74) is 0.873. The van der Waals surface area contributed by atoms with E-state index in [2.05, 4.69) is 10.3 Å². The molecule has 0 amide bonds. The lowest BCUT2D eigenvalue weighted by Crippen LogP contribution is -2.30. The smallest absolute Gasteiger partial charge is 0.342 e. The molecule has 18 heavy (non-hydrogen) atoms. The van der Waals surface area contributed by atoms with Gasteiger partial charge in [0, 0.05) is 18.5 Å². The van der Waals surface area contributed by atoms with Crippen LogP contribution in [0.2, 0.25) is 0 Å². The van der Waals surface area contributed by atoms with Crippen LogP contribution >= 0.6 is 11.3 Å². The number of nitrogens with one attached hydrogen (secondary N) is 1. The van der Waals surface area contributed by atoms with Crippen LogP contribution in [-0.2, 0) is 6.54 Å². The van der Waals surface area contributed by atoms with Gasteiger partial charge in [-0.25, -0.2) is 4.98 Å². The molecule has 0 saturated carbocycles. The molecule has 0 unspecified atom stereocenters. The minimum atomic E-state index is -4.21. The molecule has 1 rings (SSSR count). The number of thiazole rings is 1. The largest absolute Gasteiger partial charge is 0.405 e. The molecule has 1 aromatic rings. The molecule has 1 heterocycles. The SMILES string of the molecule is CNCc1sc(N(C)CC(F)(F)F)nc1C(C)C. The van der Waals surface area contributed by atoms with Crippen molar-refractivity contribution in [1.29, 1.82) is 0 Å². The van der Waals surface area contributed by atoms with E-state index < -0.39 is 12.7 Å². The van der Waals surface area contributed by atoms with Crippen molar-refractivity contribution in [1.82, 2.24) is 10.3 Å². The average molecular weight is 281 g/mol. The van der Waals surface area contributed by atoms with Crippen molar-refractivity contribution in [3.63, 3.8) is 0 Å². The number of nitrogens with zero attached hydrogens (tertiary/aromatic N) is 2. The summed E-state index contributed by atoms with van der Waals surface area (Å²) in [7, 11) is 3.22. The summed E-state index contributed by atoms with van der Waals surface area (Å²) in [5, 5.41) is 3.43. The van der Waals surface area contributed by atoms with E-state index in [9.17, 15) is 13.2 Å². The molecule has 0 radical (unpaired) electrons. The average Bonchev–Trinajstić information content (AvgIpc) is 2.59. The minimum absolute atomic E-state index is 0.206. The lowest BCUT2D eigenvalue weighted by atomic mass is 10.1. The maximum Gasteiger partial charge on any atom is 0.405 e. The summed E-state index contributed by atoms with van der Waals surface area (Å²) in [4.78, 5) is 6.46. The van der Waals surface area contributed by atoms with Crippen LogP contribution < -0.4 is 10.2 Å². The molecule has 0 aliphatic heterocycles. The molecular weight excluding hydrogens is 263 g/mol. The molecule has 0 aliphatic rings. The number of anilines is 1. The van der Waals surface area contributed by atoms with E-state index in [1.807, 2.05) is 20.9 Å². The van der Waals surface area contributed by atoms with Gasteiger partial charge in [0.15, 0.2) is 5.13 Å². The Balaban J connectivity index is 2.93. The first kappa shape index (κ1) is 15.2. The number of hydrogen-bond donors (Lipinski definition) is 1. The predicted octanol–water partition coefficient (Wildman–Crippen LogP) is 2.98. The Morgan fingerprint density at radius 2 is 2.00 bits per heavy atom. The van der Waals surface area contributed by atoms with Crippen LogP contribution in [0, 0.1) is 0 Å². The van der Waals surface area contributed by atoms with E-state index in [1.165, 1.54) is 18.4 Å². The van der Waals surface area contributed by atoms with Gasteiger partial charge in [-0.3, -0.25) is 0 Å². The third kappa shape index (κ3) is 4.13. The summed E-state index contributed by atoms with van der Waals surface area (Å²) >= 11 is 1.31. The van der Waals surface area contributed by atoms with Crippen molar-refractivity contribution in [2.75, 3.05) is 25.5 Å². The van der Waals surface area contributed by atoms with E-state index in [4.69, 9.17) is 0 Å². The second-order valence-electron chi connectivity index (χ2n) is 4.46. The van der Waals surface area contributed by atoms with Crippen molar-refractivity contribution < 1.29 is 13.2 Å². The van der Waals surface area contributed by atoms with Gasteiger partial charge >= 0.3 is 6.18 Å². The van der Waals surface area contributed by atoms with Crippen LogP contribution in [0.25, 0.3) is 0 Å². The third-order valence-electron chi connectivity index (χ3n) is 2.34. The van der Waals surface area contributed by atoms with Gasteiger partial charge in [-0.05, 0) is 13.0 Å². The quantitative estimate of drug-likeness (QED) is 0.899. The van der Waals surface area contributed by atoms with Crippen molar-refractivity contribution >= 4 is 16.5 Å². The van der Waals surface area contributed by atoms with Crippen molar-refractivity contribution in [2.45, 2.75) is 32.5 Å². The fourth-order valence-electron chi connectivity index (χ4n) is 1.59. The first-order valence-electron chi connectivity index (χ1n) is 5.66. The van der Waals surface area contributed by atoms with Crippen molar-refractivity contribution in [3.05, 3.63) is 10.6 Å². The fraction of sp³-hybridized carbons (Fsp3) is 0.727. The Morgan fingerprint density at radius 1 is 1.39 bits per heavy atom. The summed E-state index contributed by atoms with van der Waals surface area (Å²) in [5.74, 6) is 0.206. The number of alkyl halides is 3. The van der Waals surface area contributed by atoms with Gasteiger partial charge in [-0.1, -0.05) is 13.8 Å². The molecule has 1 N–H and O–H groups in total.